The number of aryl methyl sites for hydroxylation is 1. The summed E-state index contributed by atoms with van der Waals surface area (Å²) < 4.78 is 77.8. The van der Waals surface area contributed by atoms with Crippen molar-refractivity contribution < 1.29 is 26.7 Å². The summed E-state index contributed by atoms with van der Waals surface area (Å²) in [7, 11) is 0. The van der Waals surface area contributed by atoms with E-state index in [4.69, 9.17) is 4.74 Å². The van der Waals surface area contributed by atoms with E-state index in [1.165, 1.54) is 31.2 Å². The lowest BCUT2D eigenvalue weighted by Crippen LogP contribution is -2.08. The van der Waals surface area contributed by atoms with E-state index in [9.17, 15) is 22.0 Å². The molecule has 0 fully saturated rings. The molecule has 3 aromatic carbocycles. The Kier molecular flexibility index (Phi) is 7.58. The number of allylic oxidation sites excluding steroid dienone is 2. The minimum Gasteiger partial charge on any atom is -0.490 e. The molecule has 0 spiro atoms. The number of rotatable bonds is 7. The third-order valence-corrected chi connectivity index (χ3v) is 6.59. The minimum atomic E-state index is -1.15. The van der Waals surface area contributed by atoms with Crippen LogP contribution < -0.4 is 4.74 Å². The van der Waals surface area contributed by atoms with E-state index in [0.29, 0.717) is 36.8 Å². The average Bonchev–Trinajstić information content (AvgIpc) is 2.86. The van der Waals surface area contributed by atoms with Crippen LogP contribution in [0.15, 0.2) is 48.5 Å². The summed E-state index contributed by atoms with van der Waals surface area (Å²) in [4.78, 5) is 0. The van der Waals surface area contributed by atoms with Crippen molar-refractivity contribution in [3.63, 3.8) is 0 Å². The first-order chi connectivity index (χ1) is 16.8. The second-order valence-corrected chi connectivity index (χ2v) is 8.94. The van der Waals surface area contributed by atoms with Crippen molar-refractivity contribution in [2.45, 2.75) is 51.9 Å². The maximum atomic E-state index is 15.0. The molecule has 0 saturated heterocycles. The summed E-state index contributed by atoms with van der Waals surface area (Å²) in [6.45, 7) is 3.76. The number of benzene rings is 3. The first-order valence-corrected chi connectivity index (χ1v) is 11.9. The first kappa shape index (κ1) is 25.0. The Hall–Kier alpha value is -3.15. The minimum absolute atomic E-state index is 0.0447. The summed E-state index contributed by atoms with van der Waals surface area (Å²) in [5.74, 6) is -4.94. The highest BCUT2D eigenvalue weighted by Gasteiger charge is 2.23. The highest BCUT2D eigenvalue weighted by molar-refractivity contribution is 5.72. The van der Waals surface area contributed by atoms with E-state index in [1.54, 1.807) is 18.2 Å². The van der Waals surface area contributed by atoms with Crippen molar-refractivity contribution in [1.29, 1.82) is 0 Å². The zero-order chi connectivity index (χ0) is 25.1. The summed E-state index contributed by atoms with van der Waals surface area (Å²) in [5.41, 5.74) is 1.90. The van der Waals surface area contributed by atoms with Gasteiger partial charge in [-0.15, -0.1) is 0 Å². The number of halogens is 5. The van der Waals surface area contributed by atoms with Gasteiger partial charge in [0.25, 0.3) is 0 Å². The molecule has 1 unspecified atom stereocenters. The highest BCUT2D eigenvalue weighted by Crippen LogP contribution is 2.39. The topological polar surface area (TPSA) is 9.23 Å². The van der Waals surface area contributed by atoms with Gasteiger partial charge >= 0.3 is 0 Å². The van der Waals surface area contributed by atoms with E-state index in [0.717, 1.165) is 12.0 Å². The summed E-state index contributed by atoms with van der Waals surface area (Å²) >= 11 is 0. The molecular formula is C29H27F5O. The second kappa shape index (κ2) is 10.6. The molecule has 4 rings (SSSR count). The van der Waals surface area contributed by atoms with Crippen molar-refractivity contribution in [2.75, 3.05) is 6.61 Å². The van der Waals surface area contributed by atoms with Gasteiger partial charge in [-0.1, -0.05) is 43.7 Å². The van der Waals surface area contributed by atoms with Crippen LogP contribution in [0.1, 0.15) is 61.6 Å². The van der Waals surface area contributed by atoms with Crippen molar-refractivity contribution in [3.05, 3.63) is 94.3 Å². The van der Waals surface area contributed by atoms with Crippen LogP contribution in [0.25, 0.3) is 16.7 Å². The Morgan fingerprint density at radius 3 is 2.31 bits per heavy atom. The molecule has 1 aliphatic rings. The summed E-state index contributed by atoms with van der Waals surface area (Å²) in [6, 6.07) is 10.2. The number of unbranched alkanes of at least 4 members (excludes halogenated alkanes) is 1. The molecule has 0 heterocycles. The number of hydrogen-bond acceptors (Lipinski definition) is 1. The maximum Gasteiger partial charge on any atom is 0.201 e. The maximum absolute atomic E-state index is 15.0. The van der Waals surface area contributed by atoms with Gasteiger partial charge < -0.3 is 4.74 Å². The monoisotopic (exact) mass is 486 g/mol. The Labute approximate surface area is 202 Å². The standard InChI is InChI=1S/C29H27F5O/c1-3-4-15-35-25-14-13-23(28(33)29(25)34)22-12-10-20(16-24(22)30)18-6-8-19(9-7-18)21-11-5-17(2)26(31)27(21)32/h5-6,10-14,16,19H,3-4,7-9,15H2,1-2H3. The predicted octanol–water partition coefficient (Wildman–Crippen LogP) is 8.89. The molecule has 0 aromatic heterocycles. The molecular weight excluding hydrogens is 459 g/mol. The van der Waals surface area contributed by atoms with Crippen LogP contribution >= 0.6 is 0 Å². The zero-order valence-corrected chi connectivity index (χ0v) is 19.7. The molecule has 0 bridgehead atoms. The average molecular weight is 487 g/mol. The van der Waals surface area contributed by atoms with Crippen molar-refractivity contribution in [2.24, 2.45) is 0 Å². The second-order valence-electron chi connectivity index (χ2n) is 8.94. The zero-order valence-electron chi connectivity index (χ0n) is 19.7. The molecule has 1 nitrogen and oxygen atoms in total. The predicted molar refractivity (Wildman–Crippen MR) is 128 cm³/mol. The Bertz CT molecular complexity index is 1260. The van der Waals surface area contributed by atoms with Gasteiger partial charge in [-0.05, 0) is 79.0 Å². The van der Waals surface area contributed by atoms with Crippen LogP contribution in [0.5, 0.6) is 5.75 Å². The van der Waals surface area contributed by atoms with Crippen LogP contribution in [-0.4, -0.2) is 6.61 Å². The Balaban J connectivity index is 1.53. The summed E-state index contributed by atoms with van der Waals surface area (Å²) in [6.07, 6.45) is 5.13. The quantitative estimate of drug-likeness (QED) is 0.239. The molecule has 6 heteroatoms. The van der Waals surface area contributed by atoms with Gasteiger partial charge in [0.2, 0.25) is 5.82 Å². The van der Waals surface area contributed by atoms with Crippen LogP contribution in [0.2, 0.25) is 0 Å². The van der Waals surface area contributed by atoms with Gasteiger partial charge in [0.15, 0.2) is 23.2 Å². The van der Waals surface area contributed by atoms with E-state index in [-0.39, 0.29) is 35.0 Å². The van der Waals surface area contributed by atoms with Crippen LogP contribution in [0.4, 0.5) is 22.0 Å². The number of hydrogen-bond donors (Lipinski definition) is 0. The first-order valence-electron chi connectivity index (χ1n) is 11.9. The fraction of sp³-hybridized carbons (Fsp3) is 0.310. The largest absolute Gasteiger partial charge is 0.490 e. The Morgan fingerprint density at radius 2 is 1.63 bits per heavy atom. The van der Waals surface area contributed by atoms with E-state index in [1.807, 2.05) is 13.0 Å². The van der Waals surface area contributed by atoms with Gasteiger partial charge in [0, 0.05) is 11.1 Å². The molecule has 0 aliphatic heterocycles. The van der Waals surface area contributed by atoms with Gasteiger partial charge in [0.05, 0.1) is 6.61 Å². The third kappa shape index (κ3) is 5.12. The highest BCUT2D eigenvalue weighted by atomic mass is 19.2. The van der Waals surface area contributed by atoms with Gasteiger partial charge in [0.1, 0.15) is 5.82 Å². The number of ether oxygens (including phenoxy) is 1. The lowest BCUT2D eigenvalue weighted by atomic mass is 9.82. The molecule has 0 N–H and O–H groups in total. The molecule has 35 heavy (non-hydrogen) atoms. The normalized spacial score (nSPS) is 15.7. The Morgan fingerprint density at radius 1 is 0.857 bits per heavy atom. The molecule has 0 radical (unpaired) electrons. The molecule has 1 aliphatic carbocycles. The van der Waals surface area contributed by atoms with Crippen molar-refractivity contribution >= 4 is 5.57 Å². The van der Waals surface area contributed by atoms with Gasteiger partial charge in [-0.2, -0.15) is 4.39 Å². The lowest BCUT2D eigenvalue weighted by Gasteiger charge is -2.23. The lowest BCUT2D eigenvalue weighted by molar-refractivity contribution is 0.289. The van der Waals surface area contributed by atoms with Crippen LogP contribution in [0, 0.1) is 36.0 Å². The molecule has 3 aromatic rings. The smallest absolute Gasteiger partial charge is 0.201 e. The fourth-order valence-electron chi connectivity index (χ4n) is 4.47. The third-order valence-electron chi connectivity index (χ3n) is 6.59. The molecule has 184 valence electrons. The molecule has 0 saturated carbocycles. The van der Waals surface area contributed by atoms with Crippen LogP contribution in [-0.2, 0) is 0 Å². The van der Waals surface area contributed by atoms with E-state index in [2.05, 4.69) is 0 Å². The van der Waals surface area contributed by atoms with E-state index < -0.39 is 29.1 Å². The van der Waals surface area contributed by atoms with Gasteiger partial charge in [-0.3, -0.25) is 0 Å². The molecule has 1 atom stereocenters. The van der Waals surface area contributed by atoms with Crippen molar-refractivity contribution in [1.82, 2.24) is 0 Å². The van der Waals surface area contributed by atoms with Crippen LogP contribution in [0.3, 0.4) is 0 Å². The van der Waals surface area contributed by atoms with Crippen molar-refractivity contribution in [3.8, 4) is 16.9 Å². The summed E-state index contributed by atoms with van der Waals surface area (Å²) in [5, 5.41) is 0. The molecule has 0 amide bonds. The fourth-order valence-corrected chi connectivity index (χ4v) is 4.47. The van der Waals surface area contributed by atoms with Gasteiger partial charge in [-0.25, -0.2) is 17.6 Å². The SMILES string of the molecule is CCCCOc1ccc(-c2ccc(C3=CCC(c4ccc(C)c(F)c4F)CC3)cc2F)c(F)c1F. The van der Waals surface area contributed by atoms with E-state index >= 15 is 0 Å².